The maximum absolute atomic E-state index is 11.4. The van der Waals surface area contributed by atoms with Crippen LogP contribution >= 0.6 is 15.9 Å². The molecule has 9 aromatic rings. The van der Waals surface area contributed by atoms with Gasteiger partial charge in [0, 0.05) is 61.7 Å². The molecule has 308 valence electrons. The topological polar surface area (TPSA) is 232 Å². The van der Waals surface area contributed by atoms with Gasteiger partial charge in [-0.25, -0.2) is 34.3 Å². The first-order valence-corrected chi connectivity index (χ1v) is 19.3. The number of fused-ring (bicyclic) bond motifs is 3. The van der Waals surface area contributed by atoms with Gasteiger partial charge in [-0.1, -0.05) is 54.6 Å². The fraction of sp³-hybridized carbons (Fsp3) is 0.119. The molecule has 0 bridgehead atoms. The number of ether oxygens (including phenoxy) is 2. The molecule has 0 unspecified atom stereocenters. The maximum atomic E-state index is 11.4. The lowest BCUT2D eigenvalue weighted by Crippen LogP contribution is -2.04. The van der Waals surface area contributed by atoms with Crippen molar-refractivity contribution in [2.75, 3.05) is 18.9 Å². The Kier molecular flexibility index (Phi) is 14.5. The van der Waals surface area contributed by atoms with Gasteiger partial charge < -0.3 is 24.7 Å². The first-order valence-electron chi connectivity index (χ1n) is 18.5. The lowest BCUT2D eigenvalue weighted by molar-refractivity contribution is 0.0511. The Morgan fingerprint density at radius 2 is 1.25 bits per heavy atom. The number of rotatable bonds is 8. The number of hydrogen-bond acceptors (Lipinski definition) is 14. The van der Waals surface area contributed by atoms with Crippen LogP contribution in [-0.4, -0.2) is 89.3 Å². The van der Waals surface area contributed by atoms with Gasteiger partial charge in [-0.15, -0.1) is 0 Å². The number of hydrogen-bond donors (Lipinski definition) is 2. The summed E-state index contributed by atoms with van der Waals surface area (Å²) in [6.45, 7) is 4.21. The van der Waals surface area contributed by atoms with Crippen molar-refractivity contribution in [2.45, 2.75) is 20.3 Å². The van der Waals surface area contributed by atoms with Gasteiger partial charge in [-0.3, -0.25) is 28.7 Å². The SMILES string of the molecule is CCOC(=O)c1cn2c(Br)cncc2n1.CCOC(=O)c1cn2ccncc2n1.Nc1cnccn1.O=C(O)c1cn2c(Cc3ccc(-c4ccccc4)cc3)cncc2n1. The Balaban J connectivity index is 0.000000148. The number of imidazole rings is 3. The van der Waals surface area contributed by atoms with Gasteiger partial charge in [-0.05, 0) is 46.5 Å². The predicted molar refractivity (Wildman–Crippen MR) is 227 cm³/mol. The Labute approximate surface area is 355 Å². The second-order valence-corrected chi connectivity index (χ2v) is 13.2. The van der Waals surface area contributed by atoms with Crippen LogP contribution in [0, 0.1) is 0 Å². The Morgan fingerprint density at radius 1 is 0.656 bits per heavy atom. The highest BCUT2D eigenvalue weighted by molar-refractivity contribution is 9.10. The maximum Gasteiger partial charge on any atom is 0.358 e. The van der Waals surface area contributed by atoms with Crippen LogP contribution < -0.4 is 5.73 Å². The number of halogens is 1. The van der Waals surface area contributed by atoms with E-state index in [4.69, 9.17) is 20.3 Å². The zero-order valence-electron chi connectivity index (χ0n) is 32.7. The van der Waals surface area contributed by atoms with Crippen molar-refractivity contribution in [2.24, 2.45) is 0 Å². The normalized spacial score (nSPS) is 10.4. The summed E-state index contributed by atoms with van der Waals surface area (Å²) in [5.74, 6) is -1.41. The minimum absolute atomic E-state index is 0.0219. The number of carboxylic acids is 1. The molecule has 0 aliphatic rings. The van der Waals surface area contributed by atoms with Crippen LogP contribution in [0.1, 0.15) is 56.6 Å². The highest BCUT2D eigenvalue weighted by Gasteiger charge is 2.14. The van der Waals surface area contributed by atoms with E-state index in [0.717, 1.165) is 21.4 Å². The van der Waals surface area contributed by atoms with E-state index >= 15 is 0 Å². The van der Waals surface area contributed by atoms with E-state index < -0.39 is 17.9 Å². The standard InChI is InChI=1S/C20H15N3O2.C9H8BrN3O2.C9H9N3O2.C4H5N3/c24-20(25)18-13-23-17(11-21-12-19(23)22-18)10-14-6-8-16(9-7-14)15-4-2-1-3-5-15;1-2-15-9(14)6-5-13-7(10)3-11-4-8(13)12-6;1-2-14-9(13)7-6-12-4-3-10-5-8(12)11-7;5-4-3-6-1-2-7-4/h1-9,11-13H,10H2,(H,24,25);3-5H,2H2,1H3;3-6H,2H2,1H3;1-3H,(H2,5,7). The average molecular weight is 886 g/mol. The van der Waals surface area contributed by atoms with Crippen molar-refractivity contribution in [3.05, 3.63) is 168 Å². The molecule has 18 nitrogen and oxygen atoms in total. The first kappa shape index (κ1) is 42.7. The molecular formula is C42H37BrN12O6. The molecule has 0 saturated carbocycles. The number of aromatic carboxylic acids is 1. The average Bonchev–Trinajstić information content (AvgIpc) is 4.04. The third kappa shape index (κ3) is 11.4. The van der Waals surface area contributed by atoms with Crippen molar-refractivity contribution in [1.29, 1.82) is 0 Å². The molecule has 7 heterocycles. The van der Waals surface area contributed by atoms with Crippen molar-refractivity contribution in [3.63, 3.8) is 0 Å². The van der Waals surface area contributed by atoms with E-state index in [-0.39, 0.29) is 11.4 Å². The van der Waals surface area contributed by atoms with Crippen molar-refractivity contribution >= 4 is 56.6 Å². The quantitative estimate of drug-likeness (QED) is 0.159. The van der Waals surface area contributed by atoms with E-state index in [2.05, 4.69) is 92.2 Å². The fourth-order valence-corrected chi connectivity index (χ4v) is 5.90. The minimum atomic E-state index is -1.04. The number of carbonyl (C=O) groups is 3. The summed E-state index contributed by atoms with van der Waals surface area (Å²) in [5.41, 5.74) is 11.9. The second-order valence-electron chi connectivity index (χ2n) is 12.4. The second kappa shape index (κ2) is 20.7. The summed E-state index contributed by atoms with van der Waals surface area (Å²) in [6.07, 6.45) is 21.5. The Bertz CT molecular complexity index is 2840. The molecule has 19 heteroatoms. The summed E-state index contributed by atoms with van der Waals surface area (Å²) in [7, 11) is 0. The van der Waals surface area contributed by atoms with Gasteiger partial charge in [0.2, 0.25) is 0 Å². The molecule has 7 aromatic heterocycles. The van der Waals surface area contributed by atoms with Gasteiger partial charge in [0.1, 0.15) is 10.4 Å². The highest BCUT2D eigenvalue weighted by Crippen LogP contribution is 2.21. The molecule has 0 aliphatic heterocycles. The van der Waals surface area contributed by atoms with Crippen LogP contribution in [-0.2, 0) is 15.9 Å². The zero-order chi connectivity index (χ0) is 43.1. The molecule has 0 aliphatic carbocycles. The summed E-state index contributed by atoms with van der Waals surface area (Å²) in [5, 5.41) is 9.11. The molecule has 2 aromatic carbocycles. The van der Waals surface area contributed by atoms with Crippen LogP contribution in [0.3, 0.4) is 0 Å². The first-order chi connectivity index (χ1) is 29.6. The number of carbonyl (C=O) groups excluding carboxylic acids is 2. The van der Waals surface area contributed by atoms with Crippen LogP contribution in [0.15, 0.2) is 140 Å². The molecule has 0 spiro atoms. The summed E-state index contributed by atoms with van der Waals surface area (Å²) >= 11 is 3.31. The summed E-state index contributed by atoms with van der Waals surface area (Å²) in [6, 6.07) is 18.6. The number of aromatic nitrogens is 11. The lowest BCUT2D eigenvalue weighted by Gasteiger charge is -2.07. The number of nitrogens with zero attached hydrogens (tertiary/aromatic N) is 11. The predicted octanol–water partition coefficient (Wildman–Crippen LogP) is 6.32. The zero-order valence-corrected chi connectivity index (χ0v) is 34.3. The van der Waals surface area contributed by atoms with Gasteiger partial charge in [0.15, 0.2) is 34.0 Å². The lowest BCUT2D eigenvalue weighted by atomic mass is 10.0. The molecular weight excluding hydrogens is 848 g/mol. The molecule has 0 radical (unpaired) electrons. The molecule has 0 atom stereocenters. The van der Waals surface area contributed by atoms with E-state index in [0.29, 0.717) is 48.1 Å². The van der Waals surface area contributed by atoms with Gasteiger partial charge >= 0.3 is 17.9 Å². The minimum Gasteiger partial charge on any atom is -0.476 e. The summed E-state index contributed by atoms with van der Waals surface area (Å²) < 4.78 is 15.6. The number of nitrogens with two attached hydrogens (primary N) is 1. The molecule has 3 N–H and O–H groups in total. The summed E-state index contributed by atoms with van der Waals surface area (Å²) in [4.78, 5) is 65.4. The Morgan fingerprint density at radius 3 is 1.85 bits per heavy atom. The van der Waals surface area contributed by atoms with Crippen LogP contribution in [0.25, 0.3) is 28.1 Å². The monoisotopic (exact) mass is 884 g/mol. The molecule has 0 saturated heterocycles. The molecule has 0 amide bonds. The van der Waals surface area contributed by atoms with Crippen molar-refractivity contribution in [1.82, 2.24) is 53.1 Å². The molecule has 0 fully saturated rings. The number of benzene rings is 2. The number of carboxylic acid groups (broad SMARTS) is 1. The van der Waals surface area contributed by atoms with E-state index in [1.807, 2.05) is 18.2 Å². The third-order valence-corrected chi connectivity index (χ3v) is 8.86. The smallest absolute Gasteiger partial charge is 0.358 e. The van der Waals surface area contributed by atoms with E-state index in [1.165, 1.54) is 18.0 Å². The van der Waals surface area contributed by atoms with Gasteiger partial charge in [-0.2, -0.15) is 0 Å². The largest absolute Gasteiger partial charge is 0.476 e. The van der Waals surface area contributed by atoms with Crippen molar-refractivity contribution in [3.8, 4) is 11.1 Å². The van der Waals surface area contributed by atoms with Crippen molar-refractivity contribution < 1.29 is 29.0 Å². The highest BCUT2D eigenvalue weighted by atomic mass is 79.9. The van der Waals surface area contributed by atoms with Gasteiger partial charge in [0.05, 0.1) is 44.2 Å². The molecule has 61 heavy (non-hydrogen) atoms. The number of anilines is 1. The fourth-order valence-electron chi connectivity index (χ4n) is 5.50. The number of esters is 2. The third-order valence-electron chi connectivity index (χ3n) is 8.27. The van der Waals surface area contributed by atoms with E-state index in [9.17, 15) is 14.4 Å². The van der Waals surface area contributed by atoms with Crippen LogP contribution in [0.5, 0.6) is 0 Å². The van der Waals surface area contributed by atoms with Crippen LogP contribution in [0.4, 0.5) is 5.82 Å². The number of nitrogen functional groups attached to an aromatic ring is 1. The van der Waals surface area contributed by atoms with Crippen LogP contribution in [0.2, 0.25) is 0 Å². The van der Waals surface area contributed by atoms with Gasteiger partial charge in [0.25, 0.3) is 0 Å². The molecule has 9 rings (SSSR count). The Hall–Kier alpha value is -7.93. The van der Waals surface area contributed by atoms with E-state index in [1.54, 1.807) is 95.2 Å².